The van der Waals surface area contributed by atoms with Gasteiger partial charge in [0.15, 0.2) is 0 Å². The van der Waals surface area contributed by atoms with Gasteiger partial charge in [-0.3, -0.25) is 9.59 Å². The van der Waals surface area contributed by atoms with Gasteiger partial charge >= 0.3 is 0 Å². The summed E-state index contributed by atoms with van der Waals surface area (Å²) in [7, 11) is 1.61. The Hall–Kier alpha value is -2.22. The zero-order valence-corrected chi connectivity index (χ0v) is 14.8. The summed E-state index contributed by atoms with van der Waals surface area (Å²) < 4.78 is 5.25. The molecule has 3 N–H and O–H groups in total. The first-order valence-electron chi connectivity index (χ1n) is 8.09. The van der Waals surface area contributed by atoms with Crippen molar-refractivity contribution in [3.63, 3.8) is 0 Å². The van der Waals surface area contributed by atoms with Crippen LogP contribution in [-0.4, -0.2) is 38.6 Å². The molecule has 1 unspecified atom stereocenters. The van der Waals surface area contributed by atoms with E-state index in [0.717, 1.165) is 13.0 Å². The van der Waals surface area contributed by atoms with Crippen LogP contribution in [0.2, 0.25) is 0 Å². The van der Waals surface area contributed by atoms with Gasteiger partial charge in [0.2, 0.25) is 5.91 Å². The van der Waals surface area contributed by atoms with E-state index in [9.17, 15) is 9.59 Å². The highest BCUT2D eigenvalue weighted by molar-refractivity contribution is 7.12. The minimum absolute atomic E-state index is 0.0684. The summed E-state index contributed by atoms with van der Waals surface area (Å²) in [5.74, 6) is -0.226. The summed E-state index contributed by atoms with van der Waals surface area (Å²) in [5.41, 5.74) is 0.739. The van der Waals surface area contributed by atoms with Gasteiger partial charge < -0.3 is 20.7 Å². The Morgan fingerprint density at radius 1 is 1.24 bits per heavy atom. The maximum absolute atomic E-state index is 12.7. The second-order valence-corrected chi connectivity index (χ2v) is 7.05. The molecule has 2 heterocycles. The minimum Gasteiger partial charge on any atom is -0.384 e. The summed E-state index contributed by atoms with van der Waals surface area (Å²) in [6.07, 6.45) is 0.738. The van der Waals surface area contributed by atoms with Crippen LogP contribution in [0.5, 0.6) is 0 Å². The second-order valence-electron chi connectivity index (χ2n) is 6.11. The zero-order valence-electron chi connectivity index (χ0n) is 14.0. The van der Waals surface area contributed by atoms with Gasteiger partial charge in [-0.2, -0.15) is 0 Å². The standard InChI is InChI=1S/C18H21N3O3S/c1-24-12-18(7-8-19-11-18)17(23)21-14-5-2-4-13(10-14)20-16(22)15-6-3-9-25-15/h2-6,9-10,19H,7-8,11-12H2,1H3,(H,20,22)(H,21,23). The van der Waals surface area contributed by atoms with Crippen molar-refractivity contribution in [2.24, 2.45) is 5.41 Å². The minimum atomic E-state index is -0.551. The molecule has 1 aromatic heterocycles. The van der Waals surface area contributed by atoms with Crippen molar-refractivity contribution in [1.29, 1.82) is 0 Å². The Balaban J connectivity index is 1.69. The Morgan fingerprint density at radius 2 is 2.04 bits per heavy atom. The third-order valence-electron chi connectivity index (χ3n) is 4.27. The largest absolute Gasteiger partial charge is 0.384 e. The maximum Gasteiger partial charge on any atom is 0.265 e. The van der Waals surface area contributed by atoms with Crippen LogP contribution >= 0.6 is 11.3 Å². The molecule has 0 radical (unpaired) electrons. The lowest BCUT2D eigenvalue weighted by Gasteiger charge is -2.26. The first-order valence-corrected chi connectivity index (χ1v) is 8.97. The van der Waals surface area contributed by atoms with Gasteiger partial charge in [-0.15, -0.1) is 11.3 Å². The average molecular weight is 359 g/mol. The van der Waals surface area contributed by atoms with Gasteiger partial charge in [0, 0.05) is 25.0 Å². The van der Waals surface area contributed by atoms with Crippen LogP contribution in [0.25, 0.3) is 0 Å². The number of thiophene rings is 1. The summed E-state index contributed by atoms with van der Waals surface area (Å²) in [4.78, 5) is 25.5. The lowest BCUT2D eigenvalue weighted by molar-refractivity contribution is -0.127. The van der Waals surface area contributed by atoms with E-state index in [-0.39, 0.29) is 11.8 Å². The number of hydrogen-bond donors (Lipinski definition) is 3. The molecule has 132 valence electrons. The molecule has 1 aliphatic heterocycles. The second kappa shape index (κ2) is 7.77. The summed E-state index contributed by atoms with van der Waals surface area (Å²) in [6.45, 7) is 1.77. The molecule has 7 heteroatoms. The molecule has 0 spiro atoms. The smallest absolute Gasteiger partial charge is 0.265 e. The quantitative estimate of drug-likeness (QED) is 0.741. The molecule has 0 bridgehead atoms. The van der Waals surface area contributed by atoms with E-state index in [1.54, 1.807) is 31.4 Å². The van der Waals surface area contributed by atoms with Crippen molar-refractivity contribution in [2.45, 2.75) is 6.42 Å². The number of hydrogen-bond acceptors (Lipinski definition) is 5. The topological polar surface area (TPSA) is 79.5 Å². The Labute approximate surface area is 150 Å². The summed E-state index contributed by atoms with van der Waals surface area (Å²) >= 11 is 1.38. The van der Waals surface area contributed by atoms with Gasteiger partial charge in [0.1, 0.15) is 0 Å². The van der Waals surface area contributed by atoms with Crippen LogP contribution < -0.4 is 16.0 Å². The van der Waals surface area contributed by atoms with Gasteiger partial charge in [0.05, 0.1) is 16.9 Å². The van der Waals surface area contributed by atoms with E-state index in [4.69, 9.17) is 4.74 Å². The number of anilines is 2. The summed E-state index contributed by atoms with van der Waals surface area (Å²) in [5, 5.41) is 10.9. The Kier molecular flexibility index (Phi) is 5.47. The van der Waals surface area contributed by atoms with Crippen LogP contribution in [-0.2, 0) is 9.53 Å². The molecule has 2 amide bonds. The summed E-state index contributed by atoms with van der Waals surface area (Å²) in [6, 6.07) is 10.8. The third kappa shape index (κ3) is 4.07. The molecule has 2 aromatic rings. The van der Waals surface area contributed by atoms with Crippen molar-refractivity contribution in [3.05, 3.63) is 46.7 Å². The highest BCUT2D eigenvalue weighted by Gasteiger charge is 2.41. The zero-order chi connectivity index (χ0) is 17.7. The first kappa shape index (κ1) is 17.6. The van der Waals surface area contributed by atoms with E-state index in [2.05, 4.69) is 16.0 Å². The van der Waals surface area contributed by atoms with Crippen molar-refractivity contribution in [1.82, 2.24) is 5.32 Å². The Morgan fingerprint density at radius 3 is 2.68 bits per heavy atom. The van der Waals surface area contributed by atoms with Crippen LogP contribution in [0.15, 0.2) is 41.8 Å². The van der Waals surface area contributed by atoms with E-state index in [1.807, 2.05) is 17.5 Å². The van der Waals surface area contributed by atoms with E-state index < -0.39 is 5.41 Å². The molecule has 1 aliphatic rings. The number of benzene rings is 1. The van der Waals surface area contributed by atoms with Crippen LogP contribution in [0, 0.1) is 5.41 Å². The number of carbonyl (C=O) groups is 2. The predicted octanol–water partition coefficient (Wildman–Crippen LogP) is 2.57. The van der Waals surface area contributed by atoms with Crippen LogP contribution in [0.3, 0.4) is 0 Å². The molecule has 1 aromatic carbocycles. The van der Waals surface area contributed by atoms with Crippen molar-refractivity contribution in [3.8, 4) is 0 Å². The fourth-order valence-electron chi connectivity index (χ4n) is 2.94. The molecule has 0 aliphatic carbocycles. The predicted molar refractivity (Wildman–Crippen MR) is 99.1 cm³/mol. The number of ether oxygens (including phenoxy) is 1. The molecule has 3 rings (SSSR count). The molecule has 1 saturated heterocycles. The molecular weight excluding hydrogens is 338 g/mol. The van der Waals surface area contributed by atoms with Gasteiger partial charge in [-0.05, 0) is 42.6 Å². The lowest BCUT2D eigenvalue weighted by atomic mass is 9.87. The molecule has 0 saturated carbocycles. The third-order valence-corrected chi connectivity index (χ3v) is 5.14. The number of carbonyl (C=O) groups excluding carboxylic acids is 2. The highest BCUT2D eigenvalue weighted by Crippen LogP contribution is 2.28. The Bertz CT molecular complexity index is 740. The molecular formula is C18H21N3O3S. The van der Waals surface area contributed by atoms with Crippen LogP contribution in [0.1, 0.15) is 16.1 Å². The van der Waals surface area contributed by atoms with Crippen LogP contribution in [0.4, 0.5) is 11.4 Å². The van der Waals surface area contributed by atoms with E-state index >= 15 is 0 Å². The fraction of sp³-hybridized carbons (Fsp3) is 0.333. The monoisotopic (exact) mass is 359 g/mol. The average Bonchev–Trinajstić information content (AvgIpc) is 3.28. The van der Waals surface area contributed by atoms with Crippen molar-refractivity contribution < 1.29 is 14.3 Å². The van der Waals surface area contributed by atoms with E-state index in [0.29, 0.717) is 29.4 Å². The number of amides is 2. The molecule has 6 nitrogen and oxygen atoms in total. The molecule has 1 fully saturated rings. The van der Waals surface area contributed by atoms with Crippen molar-refractivity contribution >= 4 is 34.5 Å². The van der Waals surface area contributed by atoms with E-state index in [1.165, 1.54) is 11.3 Å². The molecule has 1 atom stereocenters. The van der Waals surface area contributed by atoms with Gasteiger partial charge in [-0.25, -0.2) is 0 Å². The van der Waals surface area contributed by atoms with Crippen molar-refractivity contribution in [2.75, 3.05) is 37.4 Å². The van der Waals surface area contributed by atoms with Gasteiger partial charge in [-0.1, -0.05) is 12.1 Å². The highest BCUT2D eigenvalue weighted by atomic mass is 32.1. The molecule has 25 heavy (non-hydrogen) atoms. The first-order chi connectivity index (χ1) is 12.1. The number of rotatable bonds is 6. The van der Waals surface area contributed by atoms with Gasteiger partial charge in [0.25, 0.3) is 5.91 Å². The number of methoxy groups -OCH3 is 1. The maximum atomic E-state index is 12.7. The lowest BCUT2D eigenvalue weighted by Crippen LogP contribution is -2.41. The normalized spacial score (nSPS) is 19.6. The number of nitrogens with one attached hydrogen (secondary N) is 3. The SMILES string of the molecule is COCC1(C(=O)Nc2cccc(NC(=O)c3cccs3)c2)CCNC1. The fourth-order valence-corrected chi connectivity index (χ4v) is 3.56.